The second kappa shape index (κ2) is 14.1. The van der Waals surface area contributed by atoms with Crippen molar-refractivity contribution >= 4 is 17.0 Å². The number of pyridine rings is 1. The Kier molecular flexibility index (Phi) is 8.57. The lowest BCUT2D eigenvalue weighted by molar-refractivity contribution is 0.457. The monoisotopic (exact) mass is 699 g/mol. The van der Waals surface area contributed by atoms with E-state index >= 15 is 0 Å². The maximum Gasteiger partial charge on any atom is 0.182 e. The summed E-state index contributed by atoms with van der Waals surface area (Å²) in [6.07, 6.45) is 4.36. The summed E-state index contributed by atoms with van der Waals surface area (Å²) >= 11 is 0. The van der Waals surface area contributed by atoms with Gasteiger partial charge < -0.3 is 5.32 Å². The van der Waals surface area contributed by atoms with Crippen LogP contribution < -0.4 is 5.32 Å². The summed E-state index contributed by atoms with van der Waals surface area (Å²) in [6, 6.07) is 65.4. The zero-order valence-corrected chi connectivity index (χ0v) is 29.5. The number of hydrogen-bond acceptors (Lipinski definition) is 5. The molecule has 0 amide bonds. The van der Waals surface area contributed by atoms with Gasteiger partial charge in [0.05, 0.1) is 6.20 Å². The molecule has 0 radical (unpaired) electrons. The number of rotatable bonds is 11. The summed E-state index contributed by atoms with van der Waals surface area (Å²) in [5, 5.41) is 21.3. The Hall–Kier alpha value is -7.12. The zero-order valence-electron chi connectivity index (χ0n) is 29.5. The Morgan fingerprint density at radius 2 is 0.963 bits per heavy atom. The van der Waals surface area contributed by atoms with E-state index in [4.69, 9.17) is 15.3 Å². The molecule has 0 aliphatic rings. The van der Waals surface area contributed by atoms with Crippen molar-refractivity contribution in [3.05, 3.63) is 245 Å². The van der Waals surface area contributed by atoms with Gasteiger partial charge in [0.15, 0.2) is 5.65 Å². The van der Waals surface area contributed by atoms with Crippen molar-refractivity contribution in [3.8, 4) is 0 Å². The molecule has 54 heavy (non-hydrogen) atoms. The Morgan fingerprint density at radius 1 is 0.537 bits per heavy atom. The highest BCUT2D eigenvalue weighted by Crippen LogP contribution is 2.44. The Morgan fingerprint density at radius 3 is 1.37 bits per heavy atom. The van der Waals surface area contributed by atoms with Gasteiger partial charge in [-0.1, -0.05) is 187 Å². The lowest BCUT2D eigenvalue weighted by atomic mass is 9.77. The van der Waals surface area contributed by atoms with Gasteiger partial charge in [-0.05, 0) is 50.6 Å². The smallest absolute Gasteiger partial charge is 0.182 e. The zero-order chi connectivity index (χ0) is 36.2. The van der Waals surface area contributed by atoms with E-state index in [-0.39, 0.29) is 0 Å². The number of benzene rings is 6. The third-order valence-corrected chi connectivity index (χ3v) is 10.3. The number of H-pyrrole nitrogens is 1. The molecule has 3 heterocycles. The molecular formula is C47H37N7. The molecule has 0 spiro atoms. The molecule has 0 atom stereocenters. The highest BCUT2D eigenvalue weighted by molar-refractivity contribution is 5.79. The minimum absolute atomic E-state index is 0.576. The van der Waals surface area contributed by atoms with Gasteiger partial charge in [-0.15, -0.1) is 5.10 Å². The first-order chi connectivity index (χ1) is 26.8. The first kappa shape index (κ1) is 32.8. The van der Waals surface area contributed by atoms with Crippen molar-refractivity contribution in [2.24, 2.45) is 0 Å². The standard InChI is InChI=1S/C47H37N7/c1-7-19-37(20-8-1)46(38-21-9-2-10-22-38,39-23-11-3-12-24-39)51-43-32-36(31-35-33-48-49-34-35)44-45(50-43)54(53-52-44)47(40-25-13-4-14-26-40,41-27-15-5-16-28-41)42-29-17-6-18-30-42/h1-30,32-34H,31H2,(H,48,49)(H,50,51). The second-order valence-corrected chi connectivity index (χ2v) is 13.4. The van der Waals surface area contributed by atoms with E-state index in [0.29, 0.717) is 17.9 Å². The van der Waals surface area contributed by atoms with Gasteiger partial charge in [0, 0.05) is 12.6 Å². The number of aromatic amines is 1. The van der Waals surface area contributed by atoms with Crippen molar-refractivity contribution in [1.29, 1.82) is 0 Å². The van der Waals surface area contributed by atoms with Crippen LogP contribution in [-0.2, 0) is 17.5 Å². The summed E-state index contributed by atoms with van der Waals surface area (Å²) in [5.74, 6) is 0.684. The molecule has 0 saturated heterocycles. The molecule has 9 rings (SSSR count). The predicted molar refractivity (Wildman–Crippen MR) is 214 cm³/mol. The Labute approximate surface area is 314 Å². The number of nitrogens with one attached hydrogen (secondary N) is 2. The van der Waals surface area contributed by atoms with E-state index < -0.39 is 11.1 Å². The van der Waals surface area contributed by atoms with Crippen LogP contribution in [0.25, 0.3) is 11.2 Å². The highest BCUT2D eigenvalue weighted by atomic mass is 15.5. The summed E-state index contributed by atoms with van der Waals surface area (Å²) in [7, 11) is 0. The van der Waals surface area contributed by atoms with Crippen LogP contribution in [0, 0.1) is 0 Å². The van der Waals surface area contributed by atoms with Crippen molar-refractivity contribution in [2.45, 2.75) is 17.5 Å². The number of hydrogen-bond donors (Lipinski definition) is 2. The molecule has 0 bridgehead atoms. The molecular weight excluding hydrogens is 663 g/mol. The molecule has 7 nitrogen and oxygen atoms in total. The van der Waals surface area contributed by atoms with Crippen molar-refractivity contribution in [1.82, 2.24) is 30.2 Å². The van der Waals surface area contributed by atoms with E-state index in [1.54, 1.807) is 0 Å². The van der Waals surface area contributed by atoms with E-state index in [2.05, 4.69) is 185 Å². The van der Waals surface area contributed by atoms with Gasteiger partial charge in [0.25, 0.3) is 0 Å². The molecule has 6 aromatic carbocycles. The van der Waals surface area contributed by atoms with Crippen LogP contribution in [0.4, 0.5) is 5.82 Å². The third-order valence-electron chi connectivity index (χ3n) is 10.3. The van der Waals surface area contributed by atoms with Gasteiger partial charge in [-0.3, -0.25) is 5.10 Å². The van der Waals surface area contributed by atoms with E-state index in [1.165, 1.54) is 0 Å². The van der Waals surface area contributed by atoms with E-state index in [0.717, 1.165) is 50.0 Å². The fourth-order valence-corrected chi connectivity index (χ4v) is 7.86. The maximum absolute atomic E-state index is 5.53. The molecule has 3 aromatic heterocycles. The summed E-state index contributed by atoms with van der Waals surface area (Å²) in [5.41, 5.74) is 8.03. The topological polar surface area (TPSA) is 84.3 Å². The van der Waals surface area contributed by atoms with Gasteiger partial charge in [-0.2, -0.15) is 5.10 Å². The summed E-state index contributed by atoms with van der Waals surface area (Å²) in [6.45, 7) is 0. The second-order valence-electron chi connectivity index (χ2n) is 13.4. The van der Waals surface area contributed by atoms with Gasteiger partial charge in [0.1, 0.15) is 22.4 Å². The number of anilines is 1. The molecule has 0 saturated carbocycles. The largest absolute Gasteiger partial charge is 0.353 e. The fourth-order valence-electron chi connectivity index (χ4n) is 7.86. The van der Waals surface area contributed by atoms with Crippen LogP contribution in [0.3, 0.4) is 0 Å². The van der Waals surface area contributed by atoms with Gasteiger partial charge in [-0.25, -0.2) is 9.67 Å². The summed E-state index contributed by atoms with van der Waals surface area (Å²) < 4.78 is 2.02. The molecule has 7 heteroatoms. The number of aromatic nitrogens is 6. The third kappa shape index (κ3) is 5.63. The minimum atomic E-state index is -0.910. The Bertz CT molecular complexity index is 2380. The minimum Gasteiger partial charge on any atom is -0.353 e. The molecule has 2 N–H and O–H groups in total. The maximum atomic E-state index is 5.53. The fraction of sp³-hybridized carbons (Fsp3) is 0.0638. The quantitative estimate of drug-likeness (QED) is 0.132. The van der Waals surface area contributed by atoms with Crippen LogP contribution in [0.15, 0.2) is 200 Å². The van der Waals surface area contributed by atoms with Crippen molar-refractivity contribution in [3.63, 3.8) is 0 Å². The van der Waals surface area contributed by atoms with Crippen molar-refractivity contribution in [2.75, 3.05) is 5.32 Å². The average molecular weight is 700 g/mol. The molecule has 0 aliphatic heterocycles. The SMILES string of the molecule is c1ccc(C(Nc2cc(Cc3cn[nH]c3)c3nnn(C(c4ccccc4)(c4ccccc4)c4ccccc4)c3n2)(c2ccccc2)c2ccccc2)cc1. The normalized spacial score (nSPS) is 11.8. The molecule has 0 fully saturated rings. The Balaban J connectivity index is 1.36. The highest BCUT2D eigenvalue weighted by Gasteiger charge is 2.42. The van der Waals surface area contributed by atoms with E-state index in [9.17, 15) is 0 Å². The van der Waals surface area contributed by atoms with Crippen LogP contribution in [-0.4, -0.2) is 30.2 Å². The van der Waals surface area contributed by atoms with Crippen LogP contribution in [0.2, 0.25) is 0 Å². The number of fused-ring (bicyclic) bond motifs is 1. The molecule has 0 unspecified atom stereocenters. The first-order valence-electron chi connectivity index (χ1n) is 18.1. The predicted octanol–water partition coefficient (Wildman–Crippen LogP) is 9.38. The lowest BCUT2D eigenvalue weighted by Gasteiger charge is -2.38. The van der Waals surface area contributed by atoms with Gasteiger partial charge >= 0.3 is 0 Å². The van der Waals surface area contributed by atoms with E-state index in [1.807, 2.05) is 35.3 Å². The first-order valence-corrected chi connectivity index (χ1v) is 18.1. The molecule has 260 valence electrons. The summed E-state index contributed by atoms with van der Waals surface area (Å²) in [4.78, 5) is 5.53. The van der Waals surface area contributed by atoms with Crippen LogP contribution >= 0.6 is 0 Å². The van der Waals surface area contributed by atoms with Crippen LogP contribution in [0.1, 0.15) is 44.5 Å². The molecule has 0 aliphatic carbocycles. The number of nitrogens with zero attached hydrogens (tertiary/aromatic N) is 5. The van der Waals surface area contributed by atoms with Gasteiger partial charge in [0.2, 0.25) is 0 Å². The lowest BCUT2D eigenvalue weighted by Crippen LogP contribution is -2.39. The van der Waals surface area contributed by atoms with Crippen LogP contribution in [0.5, 0.6) is 0 Å². The average Bonchev–Trinajstić information content (AvgIpc) is 3.93. The van der Waals surface area contributed by atoms with Crippen molar-refractivity contribution < 1.29 is 0 Å². The molecule has 9 aromatic rings.